The first-order valence-electron chi connectivity index (χ1n) is 14.0. The molecule has 2 rings (SSSR count). The number of aliphatic hydroxyl groups is 1. The van der Waals surface area contributed by atoms with E-state index in [0.29, 0.717) is 32.3 Å². The molecule has 0 aromatic rings. The van der Waals surface area contributed by atoms with Crippen molar-refractivity contribution in [3.8, 4) is 0 Å². The topological polar surface area (TPSA) is 71.5 Å². The van der Waals surface area contributed by atoms with Gasteiger partial charge in [0.1, 0.15) is 6.10 Å². The first-order chi connectivity index (χ1) is 17.0. The zero-order chi connectivity index (χ0) is 28.1. The van der Waals surface area contributed by atoms with Crippen LogP contribution in [-0.4, -0.2) is 74.8 Å². The number of rotatable bonds is 13. The standard InChI is InChI=1S/C30H54N2O5/c1-11-17-31-27(3,4)19-23(20-28(31,5)6)36-25(33)15-13-14-16-26(34)37-24-21-29(7,8)32(35-18-12-2)30(9,10)22-24/h11-12,23-24,26,34H,1-2,13-22H2,3-10H3. The fourth-order valence-corrected chi connectivity index (χ4v) is 6.80. The van der Waals surface area contributed by atoms with Gasteiger partial charge < -0.3 is 14.6 Å². The summed E-state index contributed by atoms with van der Waals surface area (Å²) in [5.41, 5.74) is -0.605. The Bertz CT molecular complexity index is 740. The summed E-state index contributed by atoms with van der Waals surface area (Å²) in [5.74, 6) is -0.153. The number of aliphatic hydroxyl groups excluding tert-OH is 1. The van der Waals surface area contributed by atoms with Crippen molar-refractivity contribution < 1.29 is 24.2 Å². The number of unbranched alkanes of at least 4 members (excludes halogenated alkanes) is 1. The van der Waals surface area contributed by atoms with Crippen LogP contribution in [0.1, 0.15) is 107 Å². The fraction of sp³-hybridized carbons (Fsp3) is 0.833. The van der Waals surface area contributed by atoms with Crippen molar-refractivity contribution in [3.05, 3.63) is 25.3 Å². The molecule has 0 amide bonds. The largest absolute Gasteiger partial charge is 0.462 e. The Balaban J connectivity index is 1.75. The molecule has 0 aliphatic carbocycles. The summed E-state index contributed by atoms with van der Waals surface area (Å²) in [7, 11) is 0. The minimum Gasteiger partial charge on any atom is -0.462 e. The van der Waals surface area contributed by atoms with Crippen molar-refractivity contribution in [1.82, 2.24) is 9.96 Å². The van der Waals surface area contributed by atoms with Crippen LogP contribution in [0.2, 0.25) is 0 Å². The number of piperidine rings is 2. The maximum atomic E-state index is 12.6. The first kappa shape index (κ1) is 32.0. The summed E-state index contributed by atoms with van der Waals surface area (Å²) < 4.78 is 11.9. The lowest BCUT2D eigenvalue weighted by Gasteiger charge is -2.54. The molecule has 37 heavy (non-hydrogen) atoms. The molecule has 2 fully saturated rings. The van der Waals surface area contributed by atoms with Crippen LogP contribution in [0.4, 0.5) is 0 Å². The molecule has 1 unspecified atom stereocenters. The van der Waals surface area contributed by atoms with Gasteiger partial charge in [-0.15, -0.1) is 13.2 Å². The number of hydrogen-bond donors (Lipinski definition) is 1. The summed E-state index contributed by atoms with van der Waals surface area (Å²) in [6.07, 6.45) is 8.09. The molecule has 7 nitrogen and oxygen atoms in total. The van der Waals surface area contributed by atoms with Gasteiger partial charge in [0.15, 0.2) is 6.29 Å². The fourth-order valence-electron chi connectivity index (χ4n) is 6.80. The van der Waals surface area contributed by atoms with E-state index < -0.39 is 6.29 Å². The summed E-state index contributed by atoms with van der Waals surface area (Å²) in [6.45, 7) is 26.3. The van der Waals surface area contributed by atoms with Gasteiger partial charge in [-0.25, -0.2) is 0 Å². The van der Waals surface area contributed by atoms with Gasteiger partial charge in [0.25, 0.3) is 0 Å². The number of esters is 1. The molecular weight excluding hydrogens is 468 g/mol. The highest BCUT2D eigenvalue weighted by Gasteiger charge is 2.48. The predicted molar refractivity (Wildman–Crippen MR) is 149 cm³/mol. The molecule has 1 N–H and O–H groups in total. The second-order valence-electron chi connectivity index (χ2n) is 13.4. The number of carbonyl (C=O) groups excluding carboxylic acids is 1. The van der Waals surface area contributed by atoms with E-state index in [4.69, 9.17) is 14.3 Å². The Morgan fingerprint density at radius 3 is 1.95 bits per heavy atom. The monoisotopic (exact) mass is 522 g/mol. The highest BCUT2D eigenvalue weighted by molar-refractivity contribution is 5.69. The minimum absolute atomic E-state index is 0.0628. The van der Waals surface area contributed by atoms with E-state index in [2.05, 4.69) is 73.4 Å². The van der Waals surface area contributed by atoms with Gasteiger partial charge in [-0.05, 0) is 87.5 Å². The van der Waals surface area contributed by atoms with Crippen LogP contribution in [0, 0.1) is 0 Å². The molecule has 2 aliphatic heterocycles. The average Bonchev–Trinajstić information content (AvgIpc) is 2.71. The average molecular weight is 523 g/mol. The summed E-state index contributed by atoms with van der Waals surface area (Å²) >= 11 is 0. The van der Waals surface area contributed by atoms with Crippen molar-refractivity contribution in [2.45, 2.75) is 147 Å². The molecule has 1 atom stereocenters. The molecule has 0 aromatic heterocycles. The molecule has 0 bridgehead atoms. The highest BCUT2D eigenvalue weighted by Crippen LogP contribution is 2.41. The molecular formula is C30H54N2O5. The van der Waals surface area contributed by atoms with Crippen LogP contribution in [0.25, 0.3) is 0 Å². The maximum absolute atomic E-state index is 12.6. The Kier molecular flexibility index (Phi) is 11.0. The van der Waals surface area contributed by atoms with Crippen LogP contribution < -0.4 is 0 Å². The zero-order valence-electron chi connectivity index (χ0n) is 24.8. The van der Waals surface area contributed by atoms with E-state index in [1.807, 2.05) is 11.1 Å². The van der Waals surface area contributed by atoms with Gasteiger partial charge in [0.05, 0.1) is 12.7 Å². The Hall–Kier alpha value is -1.25. The first-order valence-corrected chi connectivity index (χ1v) is 14.0. The molecule has 0 spiro atoms. The molecule has 2 heterocycles. The number of ether oxygens (including phenoxy) is 2. The van der Waals surface area contributed by atoms with Gasteiger partial charge in [0.2, 0.25) is 0 Å². The molecule has 0 saturated carbocycles. The lowest BCUT2D eigenvalue weighted by molar-refractivity contribution is -0.298. The van der Waals surface area contributed by atoms with Gasteiger partial charge in [-0.1, -0.05) is 12.2 Å². The molecule has 214 valence electrons. The van der Waals surface area contributed by atoms with E-state index in [-0.39, 0.29) is 40.3 Å². The summed E-state index contributed by atoms with van der Waals surface area (Å²) in [6, 6.07) is 0. The predicted octanol–water partition coefficient (Wildman–Crippen LogP) is 5.77. The lowest BCUT2D eigenvalue weighted by Crippen LogP contribution is -2.62. The number of likely N-dealkylation sites (tertiary alicyclic amines) is 1. The Labute approximate surface area is 226 Å². The summed E-state index contributed by atoms with van der Waals surface area (Å²) in [4.78, 5) is 21.0. The highest BCUT2D eigenvalue weighted by atomic mass is 16.7. The minimum atomic E-state index is -0.843. The van der Waals surface area contributed by atoms with Crippen LogP contribution in [0.15, 0.2) is 25.3 Å². The lowest BCUT2D eigenvalue weighted by atomic mass is 9.78. The van der Waals surface area contributed by atoms with Crippen LogP contribution in [-0.2, 0) is 19.1 Å². The molecule has 2 aliphatic rings. The van der Waals surface area contributed by atoms with Crippen molar-refractivity contribution in [3.63, 3.8) is 0 Å². The number of hydrogen-bond acceptors (Lipinski definition) is 7. The Morgan fingerprint density at radius 1 is 0.892 bits per heavy atom. The number of carbonyl (C=O) groups is 1. The van der Waals surface area contributed by atoms with E-state index >= 15 is 0 Å². The van der Waals surface area contributed by atoms with Gasteiger partial charge in [-0.2, -0.15) is 5.06 Å². The number of nitrogens with zero attached hydrogens (tertiary/aromatic N) is 2. The van der Waals surface area contributed by atoms with Crippen molar-refractivity contribution >= 4 is 5.97 Å². The molecule has 7 heteroatoms. The SMILES string of the molecule is C=CCON1C(C)(C)CC(OC(O)CCCCC(=O)OC2CC(C)(C)N(CC=C)C(C)(C)C2)CC1(C)C. The molecule has 0 radical (unpaired) electrons. The van der Waals surface area contributed by atoms with Crippen molar-refractivity contribution in [2.24, 2.45) is 0 Å². The summed E-state index contributed by atoms with van der Waals surface area (Å²) in [5, 5.41) is 12.6. The van der Waals surface area contributed by atoms with Crippen molar-refractivity contribution in [1.29, 1.82) is 0 Å². The maximum Gasteiger partial charge on any atom is 0.306 e. The molecule has 0 aromatic carbocycles. The normalized spacial score (nSPS) is 24.9. The van der Waals surface area contributed by atoms with Gasteiger partial charge in [0, 0.05) is 48.0 Å². The van der Waals surface area contributed by atoms with E-state index in [9.17, 15) is 9.90 Å². The third-order valence-corrected chi connectivity index (χ3v) is 7.83. The second kappa shape index (κ2) is 12.7. The zero-order valence-corrected chi connectivity index (χ0v) is 24.8. The Morgan fingerprint density at radius 2 is 1.43 bits per heavy atom. The smallest absolute Gasteiger partial charge is 0.306 e. The number of hydroxylamine groups is 2. The van der Waals surface area contributed by atoms with Gasteiger partial charge in [-0.3, -0.25) is 14.5 Å². The van der Waals surface area contributed by atoms with E-state index in [0.717, 1.165) is 32.2 Å². The van der Waals surface area contributed by atoms with Crippen LogP contribution >= 0.6 is 0 Å². The third-order valence-electron chi connectivity index (χ3n) is 7.83. The molecule has 2 saturated heterocycles. The van der Waals surface area contributed by atoms with Crippen LogP contribution in [0.5, 0.6) is 0 Å². The second-order valence-corrected chi connectivity index (χ2v) is 13.4. The van der Waals surface area contributed by atoms with Crippen LogP contribution in [0.3, 0.4) is 0 Å². The van der Waals surface area contributed by atoms with Gasteiger partial charge >= 0.3 is 5.97 Å². The van der Waals surface area contributed by atoms with Crippen molar-refractivity contribution in [2.75, 3.05) is 13.2 Å². The quantitative estimate of drug-likeness (QED) is 0.142. The van der Waals surface area contributed by atoms with E-state index in [1.165, 1.54) is 0 Å². The third kappa shape index (κ3) is 8.89. The van der Waals surface area contributed by atoms with E-state index in [1.54, 1.807) is 6.08 Å².